The Morgan fingerprint density at radius 2 is 1.88 bits per heavy atom. The van der Waals surface area contributed by atoms with Gasteiger partial charge in [0.05, 0.1) is 20.3 Å². The van der Waals surface area contributed by atoms with Crippen LogP contribution >= 0.6 is 0 Å². The molecule has 1 atom stereocenters. The number of ether oxygens (including phenoxy) is 2. The van der Waals surface area contributed by atoms with Crippen LogP contribution in [0.2, 0.25) is 0 Å². The summed E-state index contributed by atoms with van der Waals surface area (Å²) in [6, 6.07) is 6.19. The monoisotopic (exact) mass is 330 g/mol. The molecule has 6 heteroatoms. The maximum atomic E-state index is 5.36. The second-order valence-electron chi connectivity index (χ2n) is 6.28. The van der Waals surface area contributed by atoms with Crippen LogP contribution in [0.4, 0.5) is 0 Å². The Bertz CT molecular complexity index is 665. The van der Waals surface area contributed by atoms with Crippen molar-refractivity contribution in [3.63, 3.8) is 0 Å². The van der Waals surface area contributed by atoms with Crippen LogP contribution in [0.1, 0.15) is 49.4 Å². The first-order valence-electron chi connectivity index (χ1n) is 8.57. The van der Waals surface area contributed by atoms with Crippen LogP contribution in [0.15, 0.2) is 18.2 Å². The van der Waals surface area contributed by atoms with Gasteiger partial charge in [-0.1, -0.05) is 12.5 Å². The van der Waals surface area contributed by atoms with Crippen LogP contribution < -0.4 is 9.47 Å². The largest absolute Gasteiger partial charge is 0.493 e. The van der Waals surface area contributed by atoms with E-state index in [0.29, 0.717) is 6.42 Å². The predicted molar refractivity (Wildman–Crippen MR) is 92.6 cm³/mol. The zero-order valence-corrected chi connectivity index (χ0v) is 14.7. The van der Waals surface area contributed by atoms with E-state index in [1.54, 1.807) is 14.2 Å². The van der Waals surface area contributed by atoms with Gasteiger partial charge in [0.25, 0.3) is 0 Å². The van der Waals surface area contributed by atoms with Crippen molar-refractivity contribution in [3.8, 4) is 11.5 Å². The summed E-state index contributed by atoms with van der Waals surface area (Å²) >= 11 is 0. The number of methoxy groups -OCH3 is 2. The molecule has 1 unspecified atom stereocenters. The lowest BCUT2D eigenvalue weighted by atomic mass is 10.1. The molecular formula is C18H26N4O2. The summed E-state index contributed by atoms with van der Waals surface area (Å²) in [5.41, 5.74) is 1.11. The van der Waals surface area contributed by atoms with Gasteiger partial charge < -0.3 is 9.47 Å². The molecule has 3 rings (SSSR count). The quantitative estimate of drug-likeness (QED) is 0.882. The second-order valence-corrected chi connectivity index (χ2v) is 6.28. The fourth-order valence-corrected chi connectivity index (χ4v) is 3.23. The van der Waals surface area contributed by atoms with Crippen molar-refractivity contribution < 1.29 is 9.47 Å². The molecular weight excluding hydrogens is 304 g/mol. The summed E-state index contributed by atoms with van der Waals surface area (Å²) in [6.45, 7) is 4.47. The number of nitrogens with one attached hydrogen (secondary N) is 1. The van der Waals surface area contributed by atoms with E-state index >= 15 is 0 Å². The van der Waals surface area contributed by atoms with Crippen LogP contribution in [-0.2, 0) is 6.42 Å². The van der Waals surface area contributed by atoms with E-state index in [1.807, 2.05) is 18.2 Å². The lowest BCUT2D eigenvalue weighted by Gasteiger charge is -2.30. The molecule has 1 aliphatic rings. The van der Waals surface area contributed by atoms with E-state index in [4.69, 9.17) is 14.5 Å². The fourth-order valence-electron chi connectivity index (χ4n) is 3.23. The summed E-state index contributed by atoms with van der Waals surface area (Å²) in [5, 5.41) is 7.51. The third kappa shape index (κ3) is 3.70. The first-order chi connectivity index (χ1) is 11.7. The van der Waals surface area contributed by atoms with Gasteiger partial charge in [-0.05, 0) is 50.6 Å². The standard InChI is InChI=1S/C18H26N4O2/c1-13(22-9-5-4-6-10-22)18-19-17(20-21-18)12-14-7-8-15(23-2)16(11-14)24-3/h7-8,11,13H,4-6,9-10,12H2,1-3H3,(H,19,20,21). The predicted octanol–water partition coefficient (Wildman–Crippen LogP) is 2.96. The molecule has 2 aromatic rings. The van der Waals surface area contributed by atoms with Crippen molar-refractivity contribution in [2.24, 2.45) is 0 Å². The number of piperidine rings is 1. The molecule has 1 fully saturated rings. The van der Waals surface area contributed by atoms with Crippen molar-refractivity contribution in [3.05, 3.63) is 35.4 Å². The maximum Gasteiger partial charge on any atom is 0.167 e. The van der Waals surface area contributed by atoms with Crippen LogP contribution in [0.5, 0.6) is 11.5 Å². The van der Waals surface area contributed by atoms with Gasteiger partial charge in [-0.3, -0.25) is 10.00 Å². The molecule has 0 bridgehead atoms. The van der Waals surface area contributed by atoms with Crippen molar-refractivity contribution in [1.82, 2.24) is 20.1 Å². The third-order valence-corrected chi connectivity index (χ3v) is 4.68. The SMILES string of the molecule is COc1ccc(Cc2nc(C(C)N3CCCCC3)n[nH]2)cc1OC. The number of hydrogen-bond acceptors (Lipinski definition) is 5. The van der Waals surface area contributed by atoms with Crippen LogP contribution in [0, 0.1) is 0 Å². The summed E-state index contributed by atoms with van der Waals surface area (Å²) in [6.07, 6.45) is 4.57. The highest BCUT2D eigenvalue weighted by Crippen LogP contribution is 2.28. The minimum Gasteiger partial charge on any atom is -0.493 e. The highest BCUT2D eigenvalue weighted by molar-refractivity contribution is 5.43. The number of aromatic nitrogens is 3. The van der Waals surface area contributed by atoms with Crippen molar-refractivity contribution >= 4 is 0 Å². The molecule has 0 aliphatic carbocycles. The minimum absolute atomic E-state index is 0.265. The molecule has 1 aliphatic heterocycles. The Kier molecular flexibility index (Phi) is 5.35. The number of aromatic amines is 1. The zero-order chi connectivity index (χ0) is 16.9. The molecule has 0 saturated carbocycles. The zero-order valence-electron chi connectivity index (χ0n) is 14.7. The van der Waals surface area contributed by atoms with Gasteiger partial charge in [-0.25, -0.2) is 4.98 Å². The average molecular weight is 330 g/mol. The topological polar surface area (TPSA) is 63.3 Å². The van der Waals surface area contributed by atoms with Gasteiger partial charge in [0.2, 0.25) is 0 Å². The lowest BCUT2D eigenvalue weighted by Crippen LogP contribution is -2.32. The van der Waals surface area contributed by atoms with Crippen molar-refractivity contribution in [2.45, 2.75) is 38.6 Å². The molecule has 6 nitrogen and oxygen atoms in total. The Hall–Kier alpha value is -2.08. The third-order valence-electron chi connectivity index (χ3n) is 4.68. The number of H-pyrrole nitrogens is 1. The smallest absolute Gasteiger partial charge is 0.167 e. The first-order valence-corrected chi connectivity index (χ1v) is 8.57. The number of rotatable bonds is 6. The highest BCUT2D eigenvalue weighted by atomic mass is 16.5. The minimum atomic E-state index is 0.265. The molecule has 1 aromatic carbocycles. The van der Waals surface area contributed by atoms with Gasteiger partial charge in [0, 0.05) is 6.42 Å². The summed E-state index contributed by atoms with van der Waals surface area (Å²) < 4.78 is 10.6. The first kappa shape index (κ1) is 16.8. The summed E-state index contributed by atoms with van der Waals surface area (Å²) in [5.74, 6) is 3.23. The van der Waals surface area contributed by atoms with Crippen LogP contribution in [0.25, 0.3) is 0 Å². The molecule has 1 aromatic heterocycles. The van der Waals surface area contributed by atoms with Gasteiger partial charge in [-0.15, -0.1) is 0 Å². The molecule has 0 amide bonds. The number of hydrogen-bond donors (Lipinski definition) is 1. The Morgan fingerprint density at radius 3 is 2.58 bits per heavy atom. The Morgan fingerprint density at radius 1 is 1.12 bits per heavy atom. The lowest BCUT2D eigenvalue weighted by molar-refractivity contribution is 0.169. The molecule has 1 N–H and O–H groups in total. The van der Waals surface area contributed by atoms with Crippen LogP contribution in [-0.4, -0.2) is 47.4 Å². The summed E-state index contributed by atoms with van der Waals surface area (Å²) in [4.78, 5) is 7.16. The highest BCUT2D eigenvalue weighted by Gasteiger charge is 2.21. The normalized spacial score (nSPS) is 16.8. The van der Waals surface area contributed by atoms with E-state index < -0.39 is 0 Å². The van der Waals surface area contributed by atoms with Gasteiger partial charge in [0.15, 0.2) is 17.3 Å². The number of benzene rings is 1. The second kappa shape index (κ2) is 7.66. The van der Waals surface area contributed by atoms with E-state index in [2.05, 4.69) is 22.0 Å². The van der Waals surface area contributed by atoms with Gasteiger partial charge in [0.1, 0.15) is 5.82 Å². The molecule has 2 heterocycles. The number of likely N-dealkylation sites (tertiary alicyclic amines) is 1. The number of nitrogens with zero attached hydrogens (tertiary/aromatic N) is 3. The van der Waals surface area contributed by atoms with Gasteiger partial charge >= 0.3 is 0 Å². The maximum absolute atomic E-state index is 5.36. The molecule has 0 spiro atoms. The molecule has 130 valence electrons. The van der Waals surface area contributed by atoms with E-state index in [9.17, 15) is 0 Å². The van der Waals surface area contributed by atoms with Crippen molar-refractivity contribution in [1.29, 1.82) is 0 Å². The molecule has 1 saturated heterocycles. The fraction of sp³-hybridized carbons (Fsp3) is 0.556. The van der Waals surface area contributed by atoms with Crippen LogP contribution in [0.3, 0.4) is 0 Å². The Balaban J connectivity index is 1.69. The molecule has 24 heavy (non-hydrogen) atoms. The van der Waals surface area contributed by atoms with E-state index in [1.165, 1.54) is 19.3 Å². The van der Waals surface area contributed by atoms with E-state index in [-0.39, 0.29) is 6.04 Å². The summed E-state index contributed by atoms with van der Waals surface area (Å²) in [7, 11) is 3.29. The molecule has 0 radical (unpaired) electrons. The Labute approximate surface area is 143 Å². The average Bonchev–Trinajstić information content (AvgIpc) is 3.10. The van der Waals surface area contributed by atoms with Crippen molar-refractivity contribution in [2.75, 3.05) is 27.3 Å². The van der Waals surface area contributed by atoms with E-state index in [0.717, 1.165) is 41.8 Å². The van der Waals surface area contributed by atoms with Gasteiger partial charge in [-0.2, -0.15) is 5.10 Å².